The second kappa shape index (κ2) is 5.45. The lowest BCUT2D eigenvalue weighted by Crippen LogP contribution is -2.18. The van der Waals surface area contributed by atoms with Gasteiger partial charge in [-0.2, -0.15) is 0 Å². The minimum Gasteiger partial charge on any atom is -0.385 e. The molecule has 1 amide bonds. The van der Waals surface area contributed by atoms with E-state index in [9.17, 15) is 4.79 Å². The van der Waals surface area contributed by atoms with Crippen molar-refractivity contribution in [3.05, 3.63) is 18.2 Å². The summed E-state index contributed by atoms with van der Waals surface area (Å²) in [7, 11) is 0. The molecule has 1 aliphatic heterocycles. The number of amides is 1. The third-order valence-electron chi connectivity index (χ3n) is 2.66. The number of rotatable bonds is 4. The molecule has 0 fully saturated rings. The molecule has 2 N–H and O–H groups in total. The fraction of sp³-hybridized carbons (Fsp3) is 0.462. The molecule has 0 aromatic heterocycles. The van der Waals surface area contributed by atoms with Crippen LogP contribution >= 0.6 is 11.8 Å². The molecule has 1 aromatic carbocycles. The summed E-state index contributed by atoms with van der Waals surface area (Å²) in [6.07, 6.45) is 1.15. The summed E-state index contributed by atoms with van der Waals surface area (Å²) in [4.78, 5) is 12.4. The van der Waals surface area contributed by atoms with Crippen LogP contribution in [0.5, 0.6) is 0 Å². The molecule has 0 saturated carbocycles. The van der Waals surface area contributed by atoms with E-state index < -0.39 is 0 Å². The van der Waals surface area contributed by atoms with Gasteiger partial charge in [0.2, 0.25) is 5.91 Å². The lowest BCUT2D eigenvalue weighted by atomic mass is 10.1. The van der Waals surface area contributed by atoms with Crippen LogP contribution in [0, 0.1) is 5.92 Å². The molecule has 17 heavy (non-hydrogen) atoms. The van der Waals surface area contributed by atoms with Gasteiger partial charge in [-0.25, -0.2) is 0 Å². The smallest absolute Gasteiger partial charge is 0.234 e. The number of nitrogens with one attached hydrogen (secondary N) is 2. The van der Waals surface area contributed by atoms with Crippen molar-refractivity contribution in [3.8, 4) is 0 Å². The van der Waals surface area contributed by atoms with Crippen LogP contribution in [0.4, 0.5) is 11.4 Å². The summed E-state index contributed by atoms with van der Waals surface area (Å²) in [5, 5.41) is 6.28. The Labute approximate surface area is 106 Å². The van der Waals surface area contributed by atoms with E-state index in [2.05, 4.69) is 36.6 Å². The highest BCUT2D eigenvalue weighted by Crippen LogP contribution is 2.33. The van der Waals surface area contributed by atoms with Gasteiger partial charge in [0.25, 0.3) is 0 Å². The van der Waals surface area contributed by atoms with Crippen molar-refractivity contribution in [3.63, 3.8) is 0 Å². The van der Waals surface area contributed by atoms with Crippen LogP contribution in [0.3, 0.4) is 0 Å². The minimum absolute atomic E-state index is 0.0850. The molecule has 0 radical (unpaired) electrons. The van der Waals surface area contributed by atoms with Gasteiger partial charge in [0, 0.05) is 17.1 Å². The SMILES string of the molecule is CC(C)CCNc1ccc2c(c1)NC(=O)CS2. The maximum atomic E-state index is 11.3. The maximum Gasteiger partial charge on any atom is 0.234 e. The van der Waals surface area contributed by atoms with Crippen molar-refractivity contribution in [2.24, 2.45) is 5.92 Å². The molecule has 0 spiro atoms. The van der Waals surface area contributed by atoms with Crippen LogP contribution in [0.1, 0.15) is 20.3 Å². The number of hydrogen-bond donors (Lipinski definition) is 2. The molecule has 1 heterocycles. The molecule has 1 aliphatic rings. The first kappa shape index (κ1) is 12.3. The quantitative estimate of drug-likeness (QED) is 0.862. The zero-order chi connectivity index (χ0) is 12.3. The molecule has 0 saturated heterocycles. The second-order valence-electron chi connectivity index (χ2n) is 4.66. The normalized spacial score (nSPS) is 14.4. The number of carbonyl (C=O) groups excluding carboxylic acids is 1. The van der Waals surface area contributed by atoms with E-state index in [0.717, 1.165) is 29.2 Å². The zero-order valence-electron chi connectivity index (χ0n) is 10.2. The summed E-state index contributed by atoms with van der Waals surface area (Å²) in [5.74, 6) is 1.31. The fourth-order valence-electron chi connectivity index (χ4n) is 1.70. The minimum atomic E-state index is 0.0850. The molecule has 0 atom stereocenters. The van der Waals surface area contributed by atoms with Gasteiger partial charge in [-0.1, -0.05) is 13.8 Å². The highest BCUT2D eigenvalue weighted by molar-refractivity contribution is 8.00. The molecule has 0 aliphatic carbocycles. The van der Waals surface area contributed by atoms with Crippen LogP contribution in [0.15, 0.2) is 23.1 Å². The predicted molar refractivity (Wildman–Crippen MR) is 73.7 cm³/mol. The average molecular weight is 250 g/mol. The van der Waals surface area contributed by atoms with Crippen LogP contribution in [0.25, 0.3) is 0 Å². The Hall–Kier alpha value is -1.16. The van der Waals surface area contributed by atoms with E-state index in [4.69, 9.17) is 0 Å². The maximum absolute atomic E-state index is 11.3. The zero-order valence-corrected chi connectivity index (χ0v) is 11.1. The van der Waals surface area contributed by atoms with Crippen molar-refractivity contribution >= 4 is 29.0 Å². The van der Waals surface area contributed by atoms with Crippen molar-refractivity contribution in [2.75, 3.05) is 22.9 Å². The number of hydrogen-bond acceptors (Lipinski definition) is 3. The van der Waals surface area contributed by atoms with Gasteiger partial charge in [-0.3, -0.25) is 4.79 Å². The first-order valence-electron chi connectivity index (χ1n) is 5.96. The van der Waals surface area contributed by atoms with Gasteiger partial charge in [0.1, 0.15) is 0 Å². The lowest BCUT2D eigenvalue weighted by Gasteiger charge is -2.17. The Morgan fingerprint density at radius 3 is 3.06 bits per heavy atom. The molecule has 0 unspecified atom stereocenters. The number of thioether (sulfide) groups is 1. The highest BCUT2D eigenvalue weighted by Gasteiger charge is 2.15. The predicted octanol–water partition coefficient (Wildman–Crippen LogP) is 3.19. The van der Waals surface area contributed by atoms with E-state index >= 15 is 0 Å². The van der Waals surface area contributed by atoms with Gasteiger partial charge in [0.05, 0.1) is 11.4 Å². The van der Waals surface area contributed by atoms with E-state index in [1.54, 1.807) is 11.8 Å². The third kappa shape index (κ3) is 3.40. The molecule has 3 nitrogen and oxygen atoms in total. The first-order valence-corrected chi connectivity index (χ1v) is 6.94. The Morgan fingerprint density at radius 2 is 2.29 bits per heavy atom. The fourth-order valence-corrected chi connectivity index (χ4v) is 2.49. The highest BCUT2D eigenvalue weighted by atomic mass is 32.2. The summed E-state index contributed by atoms with van der Waals surface area (Å²) in [6.45, 7) is 5.40. The topological polar surface area (TPSA) is 41.1 Å². The third-order valence-corrected chi connectivity index (χ3v) is 3.74. The monoisotopic (exact) mass is 250 g/mol. The van der Waals surface area contributed by atoms with Crippen LogP contribution in [0.2, 0.25) is 0 Å². The summed E-state index contributed by atoms with van der Waals surface area (Å²) < 4.78 is 0. The molecule has 4 heteroatoms. The van der Waals surface area contributed by atoms with Gasteiger partial charge < -0.3 is 10.6 Å². The summed E-state index contributed by atoms with van der Waals surface area (Å²) in [6, 6.07) is 6.15. The van der Waals surface area contributed by atoms with E-state index in [-0.39, 0.29) is 5.91 Å². The molecular weight excluding hydrogens is 232 g/mol. The van der Waals surface area contributed by atoms with Crippen molar-refractivity contribution in [1.82, 2.24) is 0 Å². The van der Waals surface area contributed by atoms with E-state index in [1.165, 1.54) is 0 Å². The van der Waals surface area contributed by atoms with Gasteiger partial charge in [-0.15, -0.1) is 11.8 Å². The summed E-state index contributed by atoms with van der Waals surface area (Å²) in [5.41, 5.74) is 2.01. The molecule has 0 bridgehead atoms. The molecule has 92 valence electrons. The van der Waals surface area contributed by atoms with Crippen LogP contribution in [-0.2, 0) is 4.79 Å². The molecule has 2 rings (SSSR count). The van der Waals surface area contributed by atoms with Gasteiger partial charge in [-0.05, 0) is 30.5 Å². The van der Waals surface area contributed by atoms with Crippen LogP contribution < -0.4 is 10.6 Å². The summed E-state index contributed by atoms with van der Waals surface area (Å²) >= 11 is 1.59. The van der Waals surface area contributed by atoms with Crippen molar-refractivity contribution in [2.45, 2.75) is 25.2 Å². The van der Waals surface area contributed by atoms with E-state index in [1.807, 2.05) is 6.07 Å². The number of benzene rings is 1. The number of carbonyl (C=O) groups is 1. The average Bonchev–Trinajstić information content (AvgIpc) is 2.28. The van der Waals surface area contributed by atoms with Gasteiger partial charge in [0.15, 0.2) is 0 Å². The Kier molecular flexibility index (Phi) is 3.94. The van der Waals surface area contributed by atoms with Crippen molar-refractivity contribution < 1.29 is 4.79 Å². The van der Waals surface area contributed by atoms with Gasteiger partial charge >= 0.3 is 0 Å². The Balaban J connectivity index is 2.00. The second-order valence-corrected chi connectivity index (χ2v) is 5.67. The largest absolute Gasteiger partial charge is 0.385 e. The number of fused-ring (bicyclic) bond motifs is 1. The first-order chi connectivity index (χ1) is 8.15. The van der Waals surface area contributed by atoms with Crippen LogP contribution in [-0.4, -0.2) is 18.2 Å². The molecule has 1 aromatic rings. The van der Waals surface area contributed by atoms with E-state index in [0.29, 0.717) is 11.7 Å². The Bertz CT molecular complexity index is 418. The number of anilines is 2. The Morgan fingerprint density at radius 1 is 1.47 bits per heavy atom. The standard InChI is InChI=1S/C13H18N2OS/c1-9(2)5-6-14-10-3-4-12-11(7-10)15-13(16)8-17-12/h3-4,7,9,14H,5-6,8H2,1-2H3,(H,15,16). The lowest BCUT2D eigenvalue weighted by molar-refractivity contribution is -0.113. The molecular formula is C13H18N2OS. The van der Waals surface area contributed by atoms with Crippen molar-refractivity contribution in [1.29, 1.82) is 0 Å².